The van der Waals surface area contributed by atoms with Crippen molar-refractivity contribution < 1.29 is 19.4 Å². The molecule has 0 aliphatic heterocycles. The van der Waals surface area contributed by atoms with Crippen molar-refractivity contribution >= 4 is 5.97 Å². The zero-order valence-electron chi connectivity index (χ0n) is 5.74. The highest BCUT2D eigenvalue weighted by molar-refractivity contribution is 5.81. The van der Waals surface area contributed by atoms with Crippen LogP contribution in [0.15, 0.2) is 12.2 Å². The molecule has 0 unspecified atom stereocenters. The van der Waals surface area contributed by atoms with Gasteiger partial charge in [0.15, 0.2) is 0 Å². The first kappa shape index (κ1) is 9.13. The largest absolute Gasteiger partial charge is 0.466 e. The summed E-state index contributed by atoms with van der Waals surface area (Å²) in [6.45, 7) is -0.128. The van der Waals surface area contributed by atoms with Gasteiger partial charge in [0.2, 0.25) is 0 Å². The van der Waals surface area contributed by atoms with Crippen molar-refractivity contribution in [3.8, 4) is 0 Å². The molecule has 0 atom stereocenters. The quantitative estimate of drug-likeness (QED) is 0.255. The lowest BCUT2D eigenvalue weighted by Gasteiger charge is -1.91. The third-order valence-corrected chi connectivity index (χ3v) is 0.760. The van der Waals surface area contributed by atoms with Crippen LogP contribution in [0.3, 0.4) is 0 Å². The van der Waals surface area contributed by atoms with Crippen LogP contribution >= 0.6 is 0 Å². The third kappa shape index (κ3) is 5.27. The molecular weight excluding hydrogens is 136 g/mol. The van der Waals surface area contributed by atoms with Gasteiger partial charge in [0.05, 0.1) is 13.7 Å². The maximum atomic E-state index is 10.3. The highest BCUT2D eigenvalue weighted by Gasteiger charge is 1.87. The van der Waals surface area contributed by atoms with Crippen LogP contribution in [0.4, 0.5) is 0 Å². The van der Waals surface area contributed by atoms with Crippen LogP contribution in [-0.2, 0) is 14.3 Å². The fourth-order valence-corrected chi connectivity index (χ4v) is 0.333. The van der Waals surface area contributed by atoms with Gasteiger partial charge in [-0.2, -0.15) is 0 Å². The molecule has 0 fully saturated rings. The van der Waals surface area contributed by atoms with Crippen LogP contribution in [0, 0.1) is 0 Å². The van der Waals surface area contributed by atoms with Crippen LogP contribution in [0.25, 0.3) is 0 Å². The minimum atomic E-state index is -0.429. The molecule has 1 N–H and O–H groups in total. The molecule has 4 nitrogen and oxygen atoms in total. The molecule has 0 rings (SSSR count). The van der Waals surface area contributed by atoms with Gasteiger partial charge >= 0.3 is 5.97 Å². The number of carbonyl (C=O) groups excluding carboxylic acids is 1. The van der Waals surface area contributed by atoms with Crippen LogP contribution in [0.5, 0.6) is 0 Å². The molecule has 0 saturated heterocycles. The topological polar surface area (TPSA) is 55.8 Å². The minimum absolute atomic E-state index is 0.214. The highest BCUT2D eigenvalue weighted by Crippen LogP contribution is 1.78. The Bertz CT molecular complexity index is 119. The van der Waals surface area contributed by atoms with Crippen molar-refractivity contribution in [3.05, 3.63) is 12.2 Å². The molecule has 0 aliphatic rings. The van der Waals surface area contributed by atoms with Crippen molar-refractivity contribution in [3.63, 3.8) is 0 Å². The second-order valence-electron chi connectivity index (χ2n) is 1.43. The van der Waals surface area contributed by atoms with Gasteiger partial charge in [-0.1, -0.05) is 6.08 Å². The van der Waals surface area contributed by atoms with Crippen LogP contribution in [0.2, 0.25) is 0 Å². The van der Waals surface area contributed by atoms with Crippen molar-refractivity contribution in [2.45, 2.75) is 0 Å². The fraction of sp³-hybridized carbons (Fsp3) is 0.500. The molecule has 0 spiro atoms. The van der Waals surface area contributed by atoms with E-state index in [0.29, 0.717) is 0 Å². The van der Waals surface area contributed by atoms with Crippen molar-refractivity contribution in [1.29, 1.82) is 0 Å². The van der Waals surface area contributed by atoms with Crippen LogP contribution in [0.1, 0.15) is 0 Å². The van der Waals surface area contributed by atoms with E-state index in [9.17, 15) is 4.79 Å². The summed E-state index contributed by atoms with van der Waals surface area (Å²) in [6.07, 6.45) is 2.69. The minimum Gasteiger partial charge on any atom is -0.466 e. The van der Waals surface area contributed by atoms with E-state index >= 15 is 0 Å². The van der Waals surface area contributed by atoms with Crippen molar-refractivity contribution in [2.75, 3.05) is 20.5 Å². The summed E-state index contributed by atoms with van der Waals surface area (Å²) in [5.74, 6) is -0.429. The Kier molecular flexibility index (Phi) is 5.71. The predicted molar refractivity (Wildman–Crippen MR) is 34.2 cm³/mol. The number of aliphatic hydroxyl groups is 1. The number of rotatable bonds is 4. The summed E-state index contributed by atoms with van der Waals surface area (Å²) in [7, 11) is 1.29. The van der Waals surface area contributed by atoms with Gasteiger partial charge in [0, 0.05) is 6.08 Å². The van der Waals surface area contributed by atoms with E-state index in [-0.39, 0.29) is 13.4 Å². The lowest BCUT2D eigenvalue weighted by molar-refractivity contribution is -0.134. The standard InChI is InChI=1S/C6H10O4/c1-9-6(8)3-2-4-10-5-7/h2-3,7H,4-5H2,1H3/b3-2-. The first-order chi connectivity index (χ1) is 4.81. The van der Waals surface area contributed by atoms with E-state index in [1.165, 1.54) is 19.3 Å². The number of carbonyl (C=O) groups is 1. The van der Waals surface area contributed by atoms with Gasteiger partial charge < -0.3 is 14.6 Å². The van der Waals surface area contributed by atoms with Gasteiger partial charge in [0.1, 0.15) is 6.79 Å². The maximum absolute atomic E-state index is 10.3. The first-order valence-electron chi connectivity index (χ1n) is 2.74. The van der Waals surface area contributed by atoms with Gasteiger partial charge in [-0.05, 0) is 0 Å². The van der Waals surface area contributed by atoms with E-state index < -0.39 is 5.97 Å². The summed E-state index contributed by atoms with van der Waals surface area (Å²) in [5.41, 5.74) is 0. The van der Waals surface area contributed by atoms with Gasteiger partial charge in [-0.3, -0.25) is 0 Å². The van der Waals surface area contributed by atoms with E-state index in [1.807, 2.05) is 0 Å². The average Bonchev–Trinajstić information content (AvgIpc) is 1.98. The molecule has 0 radical (unpaired) electrons. The average molecular weight is 146 g/mol. The van der Waals surface area contributed by atoms with Crippen LogP contribution < -0.4 is 0 Å². The molecule has 0 aromatic heterocycles. The number of esters is 1. The SMILES string of the molecule is COC(=O)/C=C\COCO. The molecule has 0 aliphatic carbocycles. The summed E-state index contributed by atoms with van der Waals surface area (Å²) in [5, 5.41) is 8.12. The van der Waals surface area contributed by atoms with E-state index in [1.54, 1.807) is 0 Å². The smallest absolute Gasteiger partial charge is 0.330 e. The second-order valence-corrected chi connectivity index (χ2v) is 1.43. The number of aliphatic hydroxyl groups excluding tert-OH is 1. The molecular formula is C6H10O4. The monoisotopic (exact) mass is 146 g/mol. The summed E-state index contributed by atoms with van der Waals surface area (Å²) in [6, 6.07) is 0. The Morgan fingerprint density at radius 2 is 2.40 bits per heavy atom. The molecule has 0 saturated carbocycles. The molecule has 0 bridgehead atoms. The van der Waals surface area contributed by atoms with Gasteiger partial charge in [-0.25, -0.2) is 4.79 Å². The number of ether oxygens (including phenoxy) is 2. The van der Waals surface area contributed by atoms with E-state index in [0.717, 1.165) is 0 Å². The first-order valence-corrected chi connectivity index (χ1v) is 2.74. The number of methoxy groups -OCH3 is 1. The summed E-state index contributed by atoms with van der Waals surface area (Å²) < 4.78 is 8.78. The third-order valence-electron chi connectivity index (χ3n) is 0.760. The Morgan fingerprint density at radius 3 is 2.90 bits per heavy atom. The van der Waals surface area contributed by atoms with Gasteiger partial charge in [-0.15, -0.1) is 0 Å². The van der Waals surface area contributed by atoms with Gasteiger partial charge in [0.25, 0.3) is 0 Å². The van der Waals surface area contributed by atoms with E-state index in [4.69, 9.17) is 5.11 Å². The molecule has 0 amide bonds. The Balaban J connectivity index is 3.27. The highest BCUT2D eigenvalue weighted by atomic mass is 16.6. The molecule has 4 heteroatoms. The maximum Gasteiger partial charge on any atom is 0.330 e. The molecule has 0 aromatic rings. The Morgan fingerprint density at radius 1 is 1.70 bits per heavy atom. The van der Waals surface area contributed by atoms with E-state index in [2.05, 4.69) is 9.47 Å². The lowest BCUT2D eigenvalue weighted by Crippen LogP contribution is -1.96. The summed E-state index contributed by atoms with van der Waals surface area (Å²) >= 11 is 0. The molecule has 10 heavy (non-hydrogen) atoms. The Hall–Kier alpha value is -0.870. The predicted octanol–water partition coefficient (Wildman–Crippen LogP) is -0.318. The molecule has 0 heterocycles. The number of hydrogen-bond donors (Lipinski definition) is 1. The molecule has 58 valence electrons. The van der Waals surface area contributed by atoms with Crippen molar-refractivity contribution in [1.82, 2.24) is 0 Å². The zero-order chi connectivity index (χ0) is 7.82. The normalized spacial score (nSPS) is 10.2. The lowest BCUT2D eigenvalue weighted by atomic mass is 10.5. The molecule has 0 aromatic carbocycles. The number of hydrogen-bond acceptors (Lipinski definition) is 4. The Labute approximate surface area is 59.1 Å². The van der Waals surface area contributed by atoms with Crippen LogP contribution in [-0.4, -0.2) is 31.6 Å². The van der Waals surface area contributed by atoms with Crippen molar-refractivity contribution in [2.24, 2.45) is 0 Å². The second kappa shape index (κ2) is 6.25. The zero-order valence-corrected chi connectivity index (χ0v) is 5.74. The summed E-state index contributed by atoms with van der Waals surface area (Å²) in [4.78, 5) is 10.3. The fourth-order valence-electron chi connectivity index (χ4n) is 0.333.